The molecule has 9 heteroatoms. The SMILES string of the molecule is CCC(=O)NCCNS(=O)(=O)[C@@H]1CCS(=O)(=O)C1. The lowest BCUT2D eigenvalue weighted by Gasteiger charge is -2.11. The van der Waals surface area contributed by atoms with E-state index in [1.807, 2.05) is 0 Å². The molecule has 0 aromatic heterocycles. The van der Waals surface area contributed by atoms with E-state index in [1.165, 1.54) is 0 Å². The lowest BCUT2D eigenvalue weighted by molar-refractivity contribution is -0.120. The lowest BCUT2D eigenvalue weighted by Crippen LogP contribution is -2.39. The van der Waals surface area contributed by atoms with Crippen LogP contribution in [0.1, 0.15) is 19.8 Å². The molecule has 18 heavy (non-hydrogen) atoms. The first-order chi connectivity index (χ1) is 8.27. The standard InChI is InChI=1S/C9H18N2O5S2/c1-2-9(12)10-4-5-11-18(15,16)8-3-6-17(13,14)7-8/h8,11H,2-7H2,1H3,(H,10,12)/t8-/m1/s1. The van der Waals surface area contributed by atoms with Gasteiger partial charge in [-0.1, -0.05) is 6.92 Å². The Morgan fingerprint density at radius 1 is 1.33 bits per heavy atom. The lowest BCUT2D eigenvalue weighted by atomic mass is 10.4. The highest BCUT2D eigenvalue weighted by Crippen LogP contribution is 2.17. The topological polar surface area (TPSA) is 109 Å². The average Bonchev–Trinajstić information content (AvgIpc) is 2.65. The summed E-state index contributed by atoms with van der Waals surface area (Å²) in [4.78, 5) is 10.9. The third kappa shape index (κ3) is 4.54. The predicted molar refractivity (Wildman–Crippen MR) is 67.3 cm³/mol. The molecule has 7 nitrogen and oxygen atoms in total. The summed E-state index contributed by atoms with van der Waals surface area (Å²) < 4.78 is 48.2. The van der Waals surface area contributed by atoms with E-state index in [-0.39, 0.29) is 36.9 Å². The van der Waals surface area contributed by atoms with Crippen molar-refractivity contribution in [1.82, 2.24) is 10.0 Å². The summed E-state index contributed by atoms with van der Waals surface area (Å²) in [5.74, 6) is -0.549. The zero-order valence-corrected chi connectivity index (χ0v) is 11.8. The zero-order valence-electron chi connectivity index (χ0n) is 10.2. The number of rotatable bonds is 6. The number of amides is 1. The highest BCUT2D eigenvalue weighted by molar-refractivity contribution is 7.95. The van der Waals surface area contributed by atoms with Crippen molar-refractivity contribution in [2.45, 2.75) is 25.0 Å². The van der Waals surface area contributed by atoms with E-state index in [0.29, 0.717) is 6.42 Å². The Balaban J connectivity index is 2.39. The Morgan fingerprint density at radius 3 is 2.50 bits per heavy atom. The monoisotopic (exact) mass is 298 g/mol. The van der Waals surface area contributed by atoms with E-state index >= 15 is 0 Å². The van der Waals surface area contributed by atoms with Gasteiger partial charge in [0.15, 0.2) is 9.84 Å². The van der Waals surface area contributed by atoms with Crippen molar-refractivity contribution in [3.8, 4) is 0 Å². The highest BCUT2D eigenvalue weighted by atomic mass is 32.2. The summed E-state index contributed by atoms with van der Waals surface area (Å²) in [5, 5.41) is 1.66. The largest absolute Gasteiger partial charge is 0.355 e. The summed E-state index contributed by atoms with van der Waals surface area (Å²) in [6.45, 7) is 1.97. The first-order valence-electron chi connectivity index (χ1n) is 5.72. The maximum atomic E-state index is 11.7. The van der Waals surface area contributed by atoms with Crippen molar-refractivity contribution < 1.29 is 21.6 Å². The molecule has 0 unspecified atom stereocenters. The van der Waals surface area contributed by atoms with Crippen LogP contribution in [0.3, 0.4) is 0 Å². The van der Waals surface area contributed by atoms with Gasteiger partial charge in [-0.25, -0.2) is 21.6 Å². The molecule has 1 rings (SSSR count). The normalized spacial score (nSPS) is 22.8. The Morgan fingerprint density at radius 2 is 2.00 bits per heavy atom. The first-order valence-corrected chi connectivity index (χ1v) is 9.09. The predicted octanol–water partition coefficient (Wildman–Crippen LogP) is -1.38. The molecule has 1 aliphatic heterocycles. The number of hydrogen-bond acceptors (Lipinski definition) is 5. The van der Waals surface area contributed by atoms with E-state index in [4.69, 9.17) is 0 Å². The fraction of sp³-hybridized carbons (Fsp3) is 0.889. The number of sulfonamides is 1. The summed E-state index contributed by atoms with van der Waals surface area (Å²) in [7, 11) is -6.83. The summed E-state index contributed by atoms with van der Waals surface area (Å²) in [5.41, 5.74) is 0. The molecule has 1 fully saturated rings. The molecule has 0 bridgehead atoms. The number of carbonyl (C=O) groups excluding carboxylic acids is 1. The summed E-state index contributed by atoms with van der Waals surface area (Å²) in [6.07, 6.45) is 0.479. The molecule has 2 N–H and O–H groups in total. The molecular weight excluding hydrogens is 280 g/mol. The molecule has 0 aliphatic carbocycles. The van der Waals surface area contributed by atoms with E-state index in [0.717, 1.165) is 0 Å². The molecule has 1 amide bonds. The fourth-order valence-corrected chi connectivity index (χ4v) is 5.73. The van der Waals surface area contributed by atoms with Gasteiger partial charge < -0.3 is 5.32 Å². The maximum absolute atomic E-state index is 11.7. The van der Waals surface area contributed by atoms with Crippen LogP contribution in [0.25, 0.3) is 0 Å². The Hall–Kier alpha value is -0.670. The van der Waals surface area contributed by atoms with Gasteiger partial charge in [-0.2, -0.15) is 0 Å². The van der Waals surface area contributed by atoms with E-state index in [1.54, 1.807) is 6.92 Å². The molecule has 0 radical (unpaired) electrons. The van der Waals surface area contributed by atoms with Crippen LogP contribution in [0.4, 0.5) is 0 Å². The van der Waals surface area contributed by atoms with Gasteiger partial charge in [0.25, 0.3) is 0 Å². The van der Waals surface area contributed by atoms with E-state index in [9.17, 15) is 21.6 Å². The van der Waals surface area contributed by atoms with Crippen LogP contribution in [0.5, 0.6) is 0 Å². The van der Waals surface area contributed by atoms with Gasteiger partial charge in [0.2, 0.25) is 15.9 Å². The van der Waals surface area contributed by atoms with Gasteiger partial charge in [0.05, 0.1) is 16.8 Å². The van der Waals surface area contributed by atoms with Crippen LogP contribution in [0, 0.1) is 0 Å². The van der Waals surface area contributed by atoms with Crippen LogP contribution < -0.4 is 10.0 Å². The van der Waals surface area contributed by atoms with Crippen molar-refractivity contribution in [2.24, 2.45) is 0 Å². The molecule has 0 aromatic carbocycles. The molecular formula is C9H18N2O5S2. The first kappa shape index (κ1) is 15.4. The van der Waals surface area contributed by atoms with Crippen molar-refractivity contribution >= 4 is 25.8 Å². The van der Waals surface area contributed by atoms with Crippen LogP contribution in [-0.4, -0.2) is 52.6 Å². The van der Waals surface area contributed by atoms with Crippen molar-refractivity contribution in [1.29, 1.82) is 0 Å². The molecule has 1 atom stereocenters. The molecule has 0 saturated carbocycles. The molecule has 1 heterocycles. The van der Waals surface area contributed by atoms with Gasteiger partial charge in [0, 0.05) is 19.5 Å². The maximum Gasteiger partial charge on any atom is 0.219 e. The average molecular weight is 298 g/mol. The quantitative estimate of drug-likeness (QED) is 0.587. The number of hydrogen-bond donors (Lipinski definition) is 2. The highest BCUT2D eigenvalue weighted by Gasteiger charge is 2.36. The van der Waals surface area contributed by atoms with Crippen LogP contribution in [0.2, 0.25) is 0 Å². The number of carbonyl (C=O) groups is 1. The third-order valence-corrected chi connectivity index (χ3v) is 6.57. The van der Waals surface area contributed by atoms with E-state index in [2.05, 4.69) is 10.0 Å². The minimum absolute atomic E-state index is 0.0740. The summed E-state index contributed by atoms with van der Waals surface area (Å²) >= 11 is 0. The van der Waals surface area contributed by atoms with Crippen LogP contribution in [0.15, 0.2) is 0 Å². The molecule has 0 spiro atoms. The number of sulfone groups is 1. The van der Waals surface area contributed by atoms with Gasteiger partial charge in [-0.15, -0.1) is 0 Å². The second-order valence-corrected chi connectivity index (χ2v) is 8.44. The van der Waals surface area contributed by atoms with Crippen LogP contribution >= 0.6 is 0 Å². The third-order valence-electron chi connectivity index (χ3n) is 2.70. The second kappa shape index (κ2) is 5.98. The van der Waals surface area contributed by atoms with Gasteiger partial charge in [-0.3, -0.25) is 4.79 Å². The van der Waals surface area contributed by atoms with Crippen molar-refractivity contribution in [3.05, 3.63) is 0 Å². The molecule has 106 valence electrons. The molecule has 1 aliphatic rings. The Bertz CT molecular complexity index is 497. The van der Waals surface area contributed by atoms with Gasteiger partial charge in [-0.05, 0) is 6.42 Å². The molecule has 0 aromatic rings. The van der Waals surface area contributed by atoms with Crippen LogP contribution in [-0.2, 0) is 24.7 Å². The Labute approximate surface area is 107 Å². The summed E-state index contributed by atoms with van der Waals surface area (Å²) in [6, 6.07) is 0. The second-order valence-electron chi connectivity index (χ2n) is 4.17. The van der Waals surface area contributed by atoms with Crippen molar-refractivity contribution in [2.75, 3.05) is 24.6 Å². The van der Waals surface area contributed by atoms with E-state index < -0.39 is 25.1 Å². The van der Waals surface area contributed by atoms with Gasteiger partial charge >= 0.3 is 0 Å². The zero-order chi connectivity index (χ0) is 13.8. The smallest absolute Gasteiger partial charge is 0.219 e. The molecule has 1 saturated heterocycles. The minimum Gasteiger partial charge on any atom is -0.355 e. The minimum atomic E-state index is -3.62. The number of nitrogens with one attached hydrogen (secondary N) is 2. The fourth-order valence-electron chi connectivity index (χ4n) is 1.64. The van der Waals surface area contributed by atoms with Gasteiger partial charge in [0.1, 0.15) is 0 Å². The van der Waals surface area contributed by atoms with Crippen molar-refractivity contribution in [3.63, 3.8) is 0 Å². The Kier molecular flexibility index (Phi) is 5.11.